The van der Waals surface area contributed by atoms with Crippen LogP contribution >= 0.6 is 23.5 Å². The van der Waals surface area contributed by atoms with Gasteiger partial charge in [0.1, 0.15) is 11.8 Å². The van der Waals surface area contributed by atoms with E-state index in [2.05, 4.69) is 0 Å². The Labute approximate surface area is 172 Å². The standard InChI is InChI=1S/C19H23NO6S2/c1-11(21)27-9-15(10-28-12(2)22)18(23)20-8-14-6-16(26-3)5-4-13(14)7-17(20)19(24)25/h4-6,15,17H,7-10H2,1-3H3,(H,24,25). The van der Waals surface area contributed by atoms with Gasteiger partial charge in [0.2, 0.25) is 5.91 Å². The lowest BCUT2D eigenvalue weighted by molar-refractivity contribution is -0.152. The average Bonchev–Trinajstić information content (AvgIpc) is 2.65. The number of fused-ring (bicyclic) bond motifs is 1. The van der Waals surface area contributed by atoms with Gasteiger partial charge >= 0.3 is 5.97 Å². The highest BCUT2D eigenvalue weighted by molar-refractivity contribution is 8.14. The van der Waals surface area contributed by atoms with Crippen molar-refractivity contribution in [3.05, 3.63) is 29.3 Å². The second kappa shape index (κ2) is 9.97. The number of carboxylic acids is 1. The Morgan fingerprint density at radius 1 is 1.14 bits per heavy atom. The molecule has 0 saturated heterocycles. The highest BCUT2D eigenvalue weighted by atomic mass is 32.2. The van der Waals surface area contributed by atoms with E-state index in [1.165, 1.54) is 18.7 Å². The van der Waals surface area contributed by atoms with E-state index in [4.69, 9.17) is 4.74 Å². The Hall–Kier alpha value is -2.00. The number of carboxylic acid groups (broad SMARTS) is 1. The number of carbonyl (C=O) groups excluding carboxylic acids is 3. The first-order valence-electron chi connectivity index (χ1n) is 8.68. The topological polar surface area (TPSA) is 101 Å². The first-order chi connectivity index (χ1) is 13.2. The Bertz CT molecular complexity index is 764. The fraction of sp³-hybridized carbons (Fsp3) is 0.474. The number of hydrogen-bond acceptors (Lipinski definition) is 7. The van der Waals surface area contributed by atoms with E-state index in [-0.39, 0.29) is 40.6 Å². The van der Waals surface area contributed by atoms with E-state index < -0.39 is 17.9 Å². The van der Waals surface area contributed by atoms with Gasteiger partial charge in [-0.15, -0.1) is 0 Å². The molecule has 1 aromatic rings. The average molecular weight is 426 g/mol. The van der Waals surface area contributed by atoms with E-state index in [9.17, 15) is 24.3 Å². The van der Waals surface area contributed by atoms with Crippen LogP contribution in [0, 0.1) is 5.92 Å². The van der Waals surface area contributed by atoms with Gasteiger partial charge in [0.25, 0.3) is 0 Å². The van der Waals surface area contributed by atoms with Crippen LogP contribution in [0.25, 0.3) is 0 Å². The molecule has 0 fully saturated rings. The van der Waals surface area contributed by atoms with E-state index in [1.54, 1.807) is 19.2 Å². The van der Waals surface area contributed by atoms with Crippen LogP contribution in [-0.4, -0.2) is 56.8 Å². The largest absolute Gasteiger partial charge is 0.497 e. The summed E-state index contributed by atoms with van der Waals surface area (Å²) in [6, 6.07) is 4.41. The monoisotopic (exact) mass is 425 g/mol. The fourth-order valence-electron chi connectivity index (χ4n) is 3.00. The second-order valence-corrected chi connectivity index (χ2v) is 8.85. The molecule has 28 heavy (non-hydrogen) atoms. The Kier molecular flexibility index (Phi) is 7.94. The number of nitrogens with zero attached hydrogens (tertiary/aromatic N) is 1. The molecular formula is C19H23NO6S2. The van der Waals surface area contributed by atoms with Crippen molar-refractivity contribution in [2.45, 2.75) is 32.9 Å². The summed E-state index contributed by atoms with van der Waals surface area (Å²) in [4.78, 5) is 49.0. The minimum absolute atomic E-state index is 0.130. The van der Waals surface area contributed by atoms with Gasteiger partial charge < -0.3 is 14.7 Å². The normalized spacial score (nSPS) is 15.9. The van der Waals surface area contributed by atoms with E-state index in [0.29, 0.717) is 5.75 Å². The molecule has 0 aliphatic carbocycles. The molecule has 2 rings (SSSR count). The lowest BCUT2D eigenvalue weighted by Gasteiger charge is -2.36. The summed E-state index contributed by atoms with van der Waals surface area (Å²) in [6.45, 7) is 2.97. The van der Waals surface area contributed by atoms with Crippen LogP contribution in [0.3, 0.4) is 0 Å². The van der Waals surface area contributed by atoms with Gasteiger partial charge in [-0.2, -0.15) is 0 Å². The number of amides is 1. The zero-order chi connectivity index (χ0) is 20.8. The van der Waals surface area contributed by atoms with Crippen molar-refractivity contribution in [2.75, 3.05) is 18.6 Å². The number of aliphatic carboxylic acids is 1. The van der Waals surface area contributed by atoms with Crippen molar-refractivity contribution in [1.82, 2.24) is 4.90 Å². The summed E-state index contributed by atoms with van der Waals surface area (Å²) in [6.07, 6.45) is 0.201. The van der Waals surface area contributed by atoms with Crippen LogP contribution in [0.15, 0.2) is 18.2 Å². The summed E-state index contributed by atoms with van der Waals surface area (Å²) in [7, 11) is 1.54. The molecule has 7 nitrogen and oxygen atoms in total. The molecule has 0 spiro atoms. The lowest BCUT2D eigenvalue weighted by atomic mass is 9.92. The molecule has 1 unspecified atom stereocenters. The Morgan fingerprint density at radius 2 is 1.75 bits per heavy atom. The van der Waals surface area contributed by atoms with Gasteiger partial charge in [-0.1, -0.05) is 29.6 Å². The Balaban J connectivity index is 2.29. The third-order valence-electron chi connectivity index (χ3n) is 4.44. The van der Waals surface area contributed by atoms with Crippen LogP contribution in [0.5, 0.6) is 5.75 Å². The van der Waals surface area contributed by atoms with Crippen molar-refractivity contribution >= 4 is 45.6 Å². The SMILES string of the molecule is COc1ccc2c(c1)CN(C(=O)C(CSC(C)=O)CSC(C)=O)C(C(=O)O)C2. The summed E-state index contributed by atoms with van der Waals surface area (Å²) in [5.41, 5.74) is 1.70. The van der Waals surface area contributed by atoms with Crippen molar-refractivity contribution in [3.63, 3.8) is 0 Å². The number of benzene rings is 1. The molecule has 1 aliphatic rings. The number of carbonyl (C=O) groups is 4. The van der Waals surface area contributed by atoms with Gasteiger partial charge in [0, 0.05) is 38.3 Å². The van der Waals surface area contributed by atoms with Gasteiger partial charge in [0.15, 0.2) is 10.2 Å². The number of ether oxygens (including phenoxy) is 1. The predicted octanol–water partition coefficient (Wildman–Crippen LogP) is 2.21. The molecule has 0 bridgehead atoms. The molecule has 0 aromatic heterocycles. The number of hydrogen-bond donors (Lipinski definition) is 1. The predicted molar refractivity (Wildman–Crippen MR) is 108 cm³/mol. The Morgan fingerprint density at radius 3 is 2.25 bits per heavy atom. The minimum atomic E-state index is -1.08. The molecule has 1 amide bonds. The zero-order valence-corrected chi connectivity index (χ0v) is 17.6. The van der Waals surface area contributed by atoms with E-state index in [0.717, 1.165) is 34.7 Å². The van der Waals surface area contributed by atoms with Crippen LogP contribution in [-0.2, 0) is 32.1 Å². The smallest absolute Gasteiger partial charge is 0.326 e. The molecular weight excluding hydrogens is 402 g/mol. The first kappa shape index (κ1) is 22.3. The van der Waals surface area contributed by atoms with Gasteiger partial charge in [-0.05, 0) is 23.3 Å². The quantitative estimate of drug-likeness (QED) is 0.710. The molecule has 1 N–H and O–H groups in total. The maximum Gasteiger partial charge on any atom is 0.326 e. The summed E-state index contributed by atoms with van der Waals surface area (Å²) < 4.78 is 5.23. The first-order valence-corrected chi connectivity index (χ1v) is 10.7. The lowest BCUT2D eigenvalue weighted by Crippen LogP contribution is -2.51. The van der Waals surface area contributed by atoms with Crippen molar-refractivity contribution in [3.8, 4) is 5.75 Å². The van der Waals surface area contributed by atoms with E-state index >= 15 is 0 Å². The van der Waals surface area contributed by atoms with Crippen LogP contribution < -0.4 is 4.74 Å². The summed E-state index contributed by atoms with van der Waals surface area (Å²) >= 11 is 2.01. The highest BCUT2D eigenvalue weighted by Crippen LogP contribution is 2.29. The minimum Gasteiger partial charge on any atom is -0.497 e. The molecule has 1 atom stereocenters. The number of methoxy groups -OCH3 is 1. The summed E-state index contributed by atoms with van der Waals surface area (Å²) in [5, 5.41) is 9.40. The van der Waals surface area contributed by atoms with Crippen LogP contribution in [0.1, 0.15) is 25.0 Å². The van der Waals surface area contributed by atoms with Crippen LogP contribution in [0.2, 0.25) is 0 Å². The van der Waals surface area contributed by atoms with Crippen molar-refractivity contribution in [1.29, 1.82) is 0 Å². The number of thioether (sulfide) groups is 2. The molecule has 152 valence electrons. The van der Waals surface area contributed by atoms with Crippen LogP contribution in [0.4, 0.5) is 0 Å². The highest BCUT2D eigenvalue weighted by Gasteiger charge is 2.37. The molecule has 0 saturated carbocycles. The van der Waals surface area contributed by atoms with Gasteiger partial charge in [-0.3, -0.25) is 14.4 Å². The molecule has 9 heteroatoms. The molecule has 1 aromatic carbocycles. The summed E-state index contributed by atoms with van der Waals surface area (Å²) in [5.74, 6) is -1.01. The van der Waals surface area contributed by atoms with Crippen molar-refractivity contribution in [2.24, 2.45) is 5.92 Å². The van der Waals surface area contributed by atoms with Gasteiger partial charge in [0.05, 0.1) is 13.0 Å². The number of rotatable bonds is 7. The maximum absolute atomic E-state index is 13.2. The van der Waals surface area contributed by atoms with Crippen molar-refractivity contribution < 1.29 is 29.0 Å². The molecule has 1 aliphatic heterocycles. The molecule has 0 radical (unpaired) electrons. The maximum atomic E-state index is 13.2. The van der Waals surface area contributed by atoms with E-state index in [1.807, 2.05) is 6.07 Å². The third-order valence-corrected chi connectivity index (χ3v) is 6.39. The zero-order valence-electron chi connectivity index (χ0n) is 16.0. The van der Waals surface area contributed by atoms with Gasteiger partial charge in [-0.25, -0.2) is 4.79 Å². The third kappa shape index (κ3) is 5.75. The second-order valence-electron chi connectivity index (χ2n) is 6.46. The fourth-order valence-corrected chi connectivity index (χ4v) is 4.54. The molecule has 1 heterocycles.